The molecule has 3 heterocycles. The van der Waals surface area contributed by atoms with Crippen LogP contribution in [0.5, 0.6) is 0 Å². The summed E-state index contributed by atoms with van der Waals surface area (Å²) in [5, 5.41) is 7.98. The number of nitrogens with one attached hydrogen (secondary N) is 1. The van der Waals surface area contributed by atoms with E-state index in [0.29, 0.717) is 24.2 Å². The van der Waals surface area contributed by atoms with Crippen LogP contribution in [0.1, 0.15) is 62.8 Å². The van der Waals surface area contributed by atoms with Crippen LogP contribution >= 0.6 is 11.6 Å². The lowest BCUT2D eigenvalue weighted by Gasteiger charge is -2.29. The molecule has 176 valence electrons. The highest BCUT2D eigenvalue weighted by molar-refractivity contribution is 7.93. The van der Waals surface area contributed by atoms with Crippen LogP contribution in [0.25, 0.3) is 0 Å². The van der Waals surface area contributed by atoms with E-state index in [2.05, 4.69) is 24.9 Å². The summed E-state index contributed by atoms with van der Waals surface area (Å²) >= 11 is 5.86. The van der Waals surface area contributed by atoms with Crippen molar-refractivity contribution >= 4 is 27.6 Å². The van der Waals surface area contributed by atoms with E-state index in [-0.39, 0.29) is 17.8 Å². The van der Waals surface area contributed by atoms with E-state index in [1.807, 2.05) is 4.57 Å². The van der Waals surface area contributed by atoms with Crippen molar-refractivity contribution in [3.05, 3.63) is 29.1 Å². The van der Waals surface area contributed by atoms with Crippen molar-refractivity contribution < 1.29 is 17.9 Å². The van der Waals surface area contributed by atoms with Crippen molar-refractivity contribution in [1.82, 2.24) is 24.7 Å². The first kappa shape index (κ1) is 23.3. The Balaban J connectivity index is 1.59. The fourth-order valence-electron chi connectivity index (χ4n) is 4.17. The quantitative estimate of drug-likeness (QED) is 0.576. The molecule has 0 radical (unpaired) electrons. The third-order valence-corrected chi connectivity index (χ3v) is 8.20. The molecule has 2 aromatic heterocycles. The minimum atomic E-state index is -3.89. The van der Waals surface area contributed by atoms with E-state index in [9.17, 15) is 8.42 Å². The Labute approximate surface area is 193 Å². The molecule has 1 saturated carbocycles. The lowest BCUT2D eigenvalue weighted by molar-refractivity contribution is 0.0690. The van der Waals surface area contributed by atoms with Crippen molar-refractivity contribution in [2.24, 2.45) is 5.92 Å². The summed E-state index contributed by atoms with van der Waals surface area (Å²) in [6, 6.07) is 0.0969. The number of aromatic nitrogens is 5. The average molecular weight is 485 g/mol. The zero-order valence-electron chi connectivity index (χ0n) is 18.3. The van der Waals surface area contributed by atoms with E-state index < -0.39 is 21.4 Å². The molecule has 0 amide bonds. The molecular weight excluding hydrogens is 456 g/mol. The van der Waals surface area contributed by atoms with E-state index in [4.69, 9.17) is 21.1 Å². The lowest BCUT2D eigenvalue weighted by atomic mass is 9.83. The summed E-state index contributed by atoms with van der Waals surface area (Å²) in [7, 11) is -2.47. The van der Waals surface area contributed by atoms with Gasteiger partial charge in [0.15, 0.2) is 5.82 Å². The fourth-order valence-corrected chi connectivity index (χ4v) is 5.41. The standard InChI is InChI=1S/C20H29ClN6O4S/c1-13(18(30-2)19-22-11-15(21)12-23-19)32(28,29)26-20-25-24-17(10-14-4-3-5-14)27(20)16-6-8-31-9-7-16/h11-14,16,18H,3-10H2,1-2H3,(H,25,26)/t13-,18-/m0/s1. The minimum absolute atomic E-state index is 0.0969. The molecule has 0 spiro atoms. The maximum atomic E-state index is 13.3. The van der Waals surface area contributed by atoms with Gasteiger partial charge in [0.1, 0.15) is 17.2 Å². The summed E-state index contributed by atoms with van der Waals surface area (Å²) in [4.78, 5) is 8.25. The summed E-state index contributed by atoms with van der Waals surface area (Å²) in [6.45, 7) is 2.82. The van der Waals surface area contributed by atoms with Gasteiger partial charge in [0, 0.05) is 45.2 Å². The van der Waals surface area contributed by atoms with E-state index >= 15 is 0 Å². The third-order valence-electron chi connectivity index (χ3n) is 6.32. The van der Waals surface area contributed by atoms with Gasteiger partial charge in [-0.3, -0.25) is 9.29 Å². The van der Waals surface area contributed by atoms with E-state index in [1.165, 1.54) is 38.8 Å². The molecule has 4 rings (SSSR count). The predicted octanol–water partition coefficient (Wildman–Crippen LogP) is 2.93. The molecule has 1 aliphatic heterocycles. The topological polar surface area (TPSA) is 121 Å². The second-order valence-corrected chi connectivity index (χ2v) is 10.9. The number of rotatable bonds is 9. The SMILES string of the molecule is CO[C@H](c1ncc(Cl)cn1)[C@H](C)S(=O)(=O)Nc1nnc(CC2CCC2)n1C1CCOCC1. The Morgan fingerprint density at radius 2 is 1.91 bits per heavy atom. The highest BCUT2D eigenvalue weighted by Gasteiger charge is 2.35. The number of anilines is 1. The van der Waals surface area contributed by atoms with Crippen LogP contribution in [0.4, 0.5) is 5.95 Å². The monoisotopic (exact) mass is 484 g/mol. The normalized spacial score (nSPS) is 20.0. The largest absolute Gasteiger partial charge is 0.381 e. The highest BCUT2D eigenvalue weighted by atomic mass is 35.5. The molecule has 1 N–H and O–H groups in total. The molecule has 2 fully saturated rings. The van der Waals surface area contributed by atoms with Gasteiger partial charge < -0.3 is 9.47 Å². The maximum Gasteiger partial charge on any atom is 0.240 e. The van der Waals surface area contributed by atoms with Crippen molar-refractivity contribution in [1.29, 1.82) is 0 Å². The first-order valence-electron chi connectivity index (χ1n) is 10.9. The Kier molecular flexibility index (Phi) is 7.28. The number of sulfonamides is 1. The first-order valence-corrected chi connectivity index (χ1v) is 12.8. The lowest BCUT2D eigenvalue weighted by Crippen LogP contribution is -2.34. The van der Waals surface area contributed by atoms with Crippen molar-refractivity contribution in [2.45, 2.75) is 62.8 Å². The minimum Gasteiger partial charge on any atom is -0.381 e. The summed E-state index contributed by atoms with van der Waals surface area (Å²) in [5.74, 6) is 1.90. The maximum absolute atomic E-state index is 13.3. The molecule has 1 aliphatic carbocycles. The van der Waals surface area contributed by atoms with Gasteiger partial charge in [-0.25, -0.2) is 18.4 Å². The van der Waals surface area contributed by atoms with Crippen molar-refractivity contribution in [2.75, 3.05) is 25.0 Å². The van der Waals surface area contributed by atoms with Gasteiger partial charge in [0.25, 0.3) is 0 Å². The van der Waals surface area contributed by atoms with Crippen LogP contribution in [-0.2, 0) is 25.9 Å². The number of halogens is 1. The van der Waals surface area contributed by atoms with Crippen molar-refractivity contribution in [3.8, 4) is 0 Å². The number of methoxy groups -OCH3 is 1. The van der Waals surface area contributed by atoms with Gasteiger partial charge in [-0.05, 0) is 25.7 Å². The van der Waals surface area contributed by atoms with Crippen LogP contribution in [0, 0.1) is 5.92 Å². The van der Waals surface area contributed by atoms with Gasteiger partial charge in [-0.15, -0.1) is 10.2 Å². The zero-order chi connectivity index (χ0) is 22.7. The molecule has 10 nitrogen and oxygen atoms in total. The van der Waals surface area contributed by atoms with Crippen LogP contribution in [0.15, 0.2) is 12.4 Å². The summed E-state index contributed by atoms with van der Waals surface area (Å²) in [5.41, 5.74) is 0. The molecule has 32 heavy (non-hydrogen) atoms. The smallest absolute Gasteiger partial charge is 0.240 e. The summed E-state index contributed by atoms with van der Waals surface area (Å²) < 4.78 is 42.2. The molecule has 2 aliphatic rings. The molecule has 1 saturated heterocycles. The molecule has 12 heteroatoms. The Hall–Kier alpha value is -1.82. The molecule has 2 aromatic rings. The third kappa shape index (κ3) is 5.05. The zero-order valence-corrected chi connectivity index (χ0v) is 19.8. The van der Waals surface area contributed by atoms with Gasteiger partial charge in [0.2, 0.25) is 16.0 Å². The van der Waals surface area contributed by atoms with Crippen LogP contribution in [0.3, 0.4) is 0 Å². The van der Waals surface area contributed by atoms with Crippen molar-refractivity contribution in [3.63, 3.8) is 0 Å². The van der Waals surface area contributed by atoms with Crippen LogP contribution in [0.2, 0.25) is 5.02 Å². The second kappa shape index (κ2) is 9.98. The Morgan fingerprint density at radius 1 is 1.22 bits per heavy atom. The predicted molar refractivity (Wildman–Crippen MR) is 119 cm³/mol. The van der Waals surface area contributed by atoms with E-state index in [0.717, 1.165) is 25.1 Å². The fraction of sp³-hybridized carbons (Fsp3) is 0.700. The van der Waals surface area contributed by atoms with Gasteiger partial charge in [0.05, 0.1) is 5.02 Å². The first-order chi connectivity index (χ1) is 15.4. The second-order valence-electron chi connectivity index (χ2n) is 8.42. The molecular formula is C20H29ClN6O4S. The number of nitrogens with zero attached hydrogens (tertiary/aromatic N) is 5. The molecule has 0 unspecified atom stereocenters. The number of ether oxygens (including phenoxy) is 2. The highest BCUT2D eigenvalue weighted by Crippen LogP contribution is 2.33. The Morgan fingerprint density at radius 3 is 2.50 bits per heavy atom. The van der Waals surface area contributed by atoms with E-state index in [1.54, 1.807) is 6.92 Å². The number of hydrogen-bond donors (Lipinski definition) is 1. The van der Waals surface area contributed by atoms with Crippen LogP contribution < -0.4 is 4.72 Å². The Bertz CT molecular complexity index is 1010. The molecule has 2 atom stereocenters. The molecule has 0 bridgehead atoms. The van der Waals surface area contributed by atoms with Gasteiger partial charge in [-0.1, -0.05) is 30.9 Å². The van der Waals surface area contributed by atoms with Crippen LogP contribution in [-0.4, -0.2) is 58.7 Å². The average Bonchev–Trinajstić information content (AvgIpc) is 3.14. The van der Waals surface area contributed by atoms with Gasteiger partial charge in [-0.2, -0.15) is 0 Å². The molecule has 0 aromatic carbocycles. The van der Waals surface area contributed by atoms with Gasteiger partial charge >= 0.3 is 0 Å². The summed E-state index contributed by atoms with van der Waals surface area (Å²) in [6.07, 6.45) is 7.93. The number of hydrogen-bond acceptors (Lipinski definition) is 8.